The second-order valence-electron chi connectivity index (χ2n) is 3.77. The first-order chi connectivity index (χ1) is 6.31. The van der Waals surface area contributed by atoms with Gasteiger partial charge >= 0.3 is 6.09 Å². The lowest BCUT2D eigenvalue weighted by Crippen LogP contribution is -2.60. The lowest BCUT2D eigenvalue weighted by molar-refractivity contribution is 0.0391. The van der Waals surface area contributed by atoms with Gasteiger partial charge in [0.05, 0.1) is 7.11 Å². The van der Waals surface area contributed by atoms with E-state index in [9.17, 15) is 4.79 Å². The van der Waals surface area contributed by atoms with E-state index in [1.807, 2.05) is 0 Å². The molecule has 0 spiro atoms. The maximum absolute atomic E-state index is 11.0. The standard InChI is InChI=1S/C9H16N2O2/c1-13-9(12)11-6-8(7-11)10-4-2-3-5-10/h8H,2-7H2,1H3. The number of hydrogen-bond acceptors (Lipinski definition) is 3. The van der Waals surface area contributed by atoms with Crippen LogP contribution < -0.4 is 0 Å². The van der Waals surface area contributed by atoms with Crippen LogP contribution in [0.1, 0.15) is 12.8 Å². The van der Waals surface area contributed by atoms with E-state index in [1.54, 1.807) is 4.90 Å². The van der Waals surface area contributed by atoms with E-state index in [0.29, 0.717) is 6.04 Å². The molecule has 0 saturated carbocycles. The Morgan fingerprint density at radius 2 is 1.92 bits per heavy atom. The Morgan fingerprint density at radius 1 is 1.31 bits per heavy atom. The zero-order valence-corrected chi connectivity index (χ0v) is 8.03. The van der Waals surface area contributed by atoms with Crippen LogP contribution in [-0.4, -0.2) is 55.2 Å². The van der Waals surface area contributed by atoms with Crippen molar-refractivity contribution in [2.24, 2.45) is 0 Å². The van der Waals surface area contributed by atoms with E-state index < -0.39 is 0 Å². The Balaban J connectivity index is 1.74. The monoisotopic (exact) mass is 184 g/mol. The van der Waals surface area contributed by atoms with Crippen molar-refractivity contribution in [1.82, 2.24) is 9.80 Å². The number of carbonyl (C=O) groups excluding carboxylic acids is 1. The molecule has 0 aromatic heterocycles. The molecule has 0 N–H and O–H groups in total. The van der Waals surface area contributed by atoms with Gasteiger partial charge in [-0.1, -0.05) is 0 Å². The summed E-state index contributed by atoms with van der Waals surface area (Å²) in [5, 5.41) is 0. The average Bonchev–Trinajstić information content (AvgIpc) is 2.54. The van der Waals surface area contributed by atoms with Crippen molar-refractivity contribution < 1.29 is 9.53 Å². The summed E-state index contributed by atoms with van der Waals surface area (Å²) in [6, 6.07) is 0.599. The molecule has 4 nitrogen and oxygen atoms in total. The zero-order chi connectivity index (χ0) is 9.26. The highest BCUT2D eigenvalue weighted by molar-refractivity contribution is 5.68. The molecule has 2 aliphatic heterocycles. The summed E-state index contributed by atoms with van der Waals surface area (Å²) in [6.45, 7) is 4.12. The van der Waals surface area contributed by atoms with Gasteiger partial charge in [0, 0.05) is 19.1 Å². The van der Waals surface area contributed by atoms with Crippen LogP contribution in [0.25, 0.3) is 0 Å². The van der Waals surface area contributed by atoms with E-state index in [4.69, 9.17) is 0 Å². The first kappa shape index (κ1) is 8.81. The van der Waals surface area contributed by atoms with Gasteiger partial charge in [-0.25, -0.2) is 4.79 Å². The van der Waals surface area contributed by atoms with Gasteiger partial charge in [0.2, 0.25) is 0 Å². The predicted octanol–water partition coefficient (Wildman–Crippen LogP) is 0.533. The number of amides is 1. The van der Waals surface area contributed by atoms with E-state index in [0.717, 1.165) is 13.1 Å². The van der Waals surface area contributed by atoms with Gasteiger partial charge in [-0.15, -0.1) is 0 Å². The molecule has 0 unspecified atom stereocenters. The Hall–Kier alpha value is -0.770. The Morgan fingerprint density at radius 3 is 2.46 bits per heavy atom. The average molecular weight is 184 g/mol. The SMILES string of the molecule is COC(=O)N1CC(N2CCCC2)C1. The third-order valence-corrected chi connectivity index (χ3v) is 2.95. The fourth-order valence-electron chi connectivity index (χ4n) is 2.07. The van der Waals surface area contributed by atoms with Gasteiger partial charge in [0.15, 0.2) is 0 Å². The lowest BCUT2D eigenvalue weighted by Gasteiger charge is -2.42. The minimum atomic E-state index is -0.185. The molecule has 74 valence electrons. The van der Waals surface area contributed by atoms with Gasteiger partial charge in [-0.3, -0.25) is 4.90 Å². The summed E-state index contributed by atoms with van der Waals surface area (Å²) >= 11 is 0. The predicted molar refractivity (Wildman–Crippen MR) is 48.6 cm³/mol. The van der Waals surface area contributed by atoms with Crippen LogP contribution in [0.2, 0.25) is 0 Å². The molecule has 0 bridgehead atoms. The number of hydrogen-bond donors (Lipinski definition) is 0. The van der Waals surface area contributed by atoms with Crippen molar-refractivity contribution in [3.05, 3.63) is 0 Å². The highest BCUT2D eigenvalue weighted by Gasteiger charge is 2.35. The first-order valence-electron chi connectivity index (χ1n) is 4.88. The van der Waals surface area contributed by atoms with Crippen molar-refractivity contribution in [2.75, 3.05) is 33.3 Å². The summed E-state index contributed by atoms with van der Waals surface area (Å²) in [5.74, 6) is 0. The molecule has 0 atom stereocenters. The number of carbonyl (C=O) groups is 1. The number of ether oxygens (including phenoxy) is 1. The number of nitrogens with zero attached hydrogens (tertiary/aromatic N) is 2. The third kappa shape index (κ3) is 1.63. The summed E-state index contributed by atoms with van der Waals surface area (Å²) in [7, 11) is 1.44. The molecular weight excluding hydrogens is 168 g/mol. The summed E-state index contributed by atoms with van der Waals surface area (Å²) in [4.78, 5) is 15.3. The van der Waals surface area contributed by atoms with Gasteiger partial charge in [0.25, 0.3) is 0 Å². The molecule has 0 aliphatic carbocycles. The van der Waals surface area contributed by atoms with E-state index in [-0.39, 0.29) is 6.09 Å². The van der Waals surface area contributed by atoms with Crippen LogP contribution in [0.3, 0.4) is 0 Å². The quantitative estimate of drug-likeness (QED) is 0.596. The second kappa shape index (κ2) is 3.54. The molecule has 2 aliphatic rings. The van der Waals surface area contributed by atoms with Crippen molar-refractivity contribution in [3.63, 3.8) is 0 Å². The van der Waals surface area contributed by atoms with Gasteiger partial charge in [-0.2, -0.15) is 0 Å². The van der Waals surface area contributed by atoms with Crippen molar-refractivity contribution >= 4 is 6.09 Å². The van der Waals surface area contributed by atoms with E-state index >= 15 is 0 Å². The Labute approximate surface area is 78.4 Å². The van der Waals surface area contributed by atoms with Crippen molar-refractivity contribution in [1.29, 1.82) is 0 Å². The van der Waals surface area contributed by atoms with E-state index in [2.05, 4.69) is 9.64 Å². The molecule has 0 aromatic carbocycles. The number of methoxy groups -OCH3 is 1. The van der Waals surface area contributed by atoms with Crippen LogP contribution in [0.4, 0.5) is 4.79 Å². The normalized spacial score (nSPS) is 24.5. The van der Waals surface area contributed by atoms with Gasteiger partial charge < -0.3 is 9.64 Å². The summed E-state index contributed by atoms with van der Waals surface area (Å²) < 4.78 is 4.63. The largest absolute Gasteiger partial charge is 0.453 e. The minimum absolute atomic E-state index is 0.185. The fourth-order valence-corrected chi connectivity index (χ4v) is 2.07. The number of likely N-dealkylation sites (tertiary alicyclic amines) is 2. The molecule has 2 saturated heterocycles. The topological polar surface area (TPSA) is 32.8 Å². The van der Waals surface area contributed by atoms with Crippen molar-refractivity contribution in [2.45, 2.75) is 18.9 Å². The molecule has 0 radical (unpaired) electrons. The smallest absolute Gasteiger partial charge is 0.409 e. The van der Waals surface area contributed by atoms with Gasteiger partial charge in [0.1, 0.15) is 0 Å². The molecule has 13 heavy (non-hydrogen) atoms. The summed E-state index contributed by atoms with van der Waals surface area (Å²) in [6.07, 6.45) is 2.44. The van der Waals surface area contributed by atoms with Crippen molar-refractivity contribution in [3.8, 4) is 0 Å². The maximum atomic E-state index is 11.0. The van der Waals surface area contributed by atoms with Crippen LogP contribution in [0.5, 0.6) is 0 Å². The molecule has 0 aromatic rings. The third-order valence-electron chi connectivity index (χ3n) is 2.95. The first-order valence-corrected chi connectivity index (χ1v) is 4.88. The Bertz CT molecular complexity index is 196. The number of rotatable bonds is 1. The lowest BCUT2D eigenvalue weighted by atomic mass is 10.1. The molecule has 1 amide bonds. The zero-order valence-electron chi connectivity index (χ0n) is 8.03. The highest BCUT2D eigenvalue weighted by atomic mass is 16.5. The van der Waals surface area contributed by atoms with Gasteiger partial charge in [-0.05, 0) is 25.9 Å². The van der Waals surface area contributed by atoms with Crippen LogP contribution in [0, 0.1) is 0 Å². The molecular formula is C9H16N2O2. The van der Waals surface area contributed by atoms with Crippen LogP contribution in [-0.2, 0) is 4.74 Å². The fraction of sp³-hybridized carbons (Fsp3) is 0.889. The minimum Gasteiger partial charge on any atom is -0.453 e. The molecule has 2 heterocycles. The Kier molecular flexibility index (Phi) is 2.40. The second-order valence-corrected chi connectivity index (χ2v) is 3.77. The highest BCUT2D eigenvalue weighted by Crippen LogP contribution is 2.20. The molecule has 4 heteroatoms. The van der Waals surface area contributed by atoms with Crippen LogP contribution in [0.15, 0.2) is 0 Å². The summed E-state index contributed by atoms with van der Waals surface area (Å²) in [5.41, 5.74) is 0. The van der Waals surface area contributed by atoms with E-state index in [1.165, 1.54) is 33.0 Å². The van der Waals surface area contributed by atoms with Crippen LogP contribution >= 0.6 is 0 Å². The maximum Gasteiger partial charge on any atom is 0.409 e. The molecule has 2 rings (SSSR count). The molecule has 2 fully saturated rings.